The number of aryl methyl sites for hydroxylation is 3. The van der Waals surface area contributed by atoms with Crippen molar-refractivity contribution in [3.05, 3.63) is 59.2 Å². The number of carboxylic acids is 2. The van der Waals surface area contributed by atoms with Gasteiger partial charge in [0, 0.05) is 38.4 Å². The molecule has 0 saturated heterocycles. The molecule has 2 aromatic rings. The van der Waals surface area contributed by atoms with E-state index in [0.29, 0.717) is 5.56 Å². The van der Waals surface area contributed by atoms with Gasteiger partial charge in [-0.05, 0) is 43.5 Å². The minimum Gasteiger partial charge on any atom is -0.480 e. The van der Waals surface area contributed by atoms with Gasteiger partial charge in [0.15, 0.2) is 0 Å². The SMILES string of the molecule is Cc1cc(C)c(NC(=O)C(C(=O)O)(C(=O)O)C(=O)Nc2[c-]cccc2)cc1C.[Y]. The number of anilines is 2. The summed E-state index contributed by atoms with van der Waals surface area (Å²) >= 11 is 0. The maximum Gasteiger partial charge on any atom is 0.340 e. The Morgan fingerprint density at radius 1 is 0.862 bits per heavy atom. The number of hydrogen-bond acceptors (Lipinski definition) is 4. The van der Waals surface area contributed by atoms with E-state index in [0.717, 1.165) is 11.1 Å². The fourth-order valence-electron chi connectivity index (χ4n) is 2.58. The molecule has 0 aromatic heterocycles. The first kappa shape index (κ1) is 24.5. The van der Waals surface area contributed by atoms with Crippen LogP contribution in [0.15, 0.2) is 36.4 Å². The number of carbonyl (C=O) groups is 4. The van der Waals surface area contributed by atoms with E-state index in [2.05, 4.69) is 16.7 Å². The van der Waals surface area contributed by atoms with Crippen molar-refractivity contribution in [1.82, 2.24) is 0 Å². The third-order valence-corrected chi connectivity index (χ3v) is 4.37. The van der Waals surface area contributed by atoms with E-state index in [1.54, 1.807) is 32.0 Å². The second-order valence-electron chi connectivity index (χ2n) is 6.30. The Morgan fingerprint density at radius 2 is 1.41 bits per heavy atom. The molecule has 0 unspecified atom stereocenters. The first-order valence-electron chi connectivity index (χ1n) is 8.25. The summed E-state index contributed by atoms with van der Waals surface area (Å²) in [4.78, 5) is 49.0. The van der Waals surface area contributed by atoms with Crippen molar-refractivity contribution in [1.29, 1.82) is 0 Å². The smallest absolute Gasteiger partial charge is 0.340 e. The van der Waals surface area contributed by atoms with Crippen molar-refractivity contribution in [2.75, 3.05) is 10.6 Å². The quantitative estimate of drug-likeness (QED) is 0.376. The normalized spacial score (nSPS) is 10.4. The topological polar surface area (TPSA) is 133 Å². The van der Waals surface area contributed by atoms with Crippen LogP contribution in [-0.2, 0) is 51.9 Å². The molecule has 0 aliphatic carbocycles. The molecule has 0 fully saturated rings. The van der Waals surface area contributed by atoms with E-state index in [4.69, 9.17) is 0 Å². The Balaban J connectivity index is 0.00000420. The zero-order chi connectivity index (χ0) is 21.1. The molecular weight excluding hydrogens is 453 g/mol. The molecule has 0 bridgehead atoms. The number of amides is 2. The molecule has 2 aromatic carbocycles. The molecule has 149 valence electrons. The summed E-state index contributed by atoms with van der Waals surface area (Å²) in [5, 5.41) is 23.5. The predicted molar refractivity (Wildman–Crippen MR) is 101 cm³/mol. The average Bonchev–Trinajstić information content (AvgIpc) is 2.60. The fourth-order valence-corrected chi connectivity index (χ4v) is 2.58. The Kier molecular flexibility index (Phi) is 8.23. The van der Waals surface area contributed by atoms with Gasteiger partial charge in [-0.3, -0.25) is 9.59 Å². The largest absolute Gasteiger partial charge is 0.480 e. The van der Waals surface area contributed by atoms with E-state index >= 15 is 0 Å². The maximum atomic E-state index is 12.8. The molecule has 0 aliphatic heterocycles. The van der Waals surface area contributed by atoms with Crippen molar-refractivity contribution < 1.29 is 62.1 Å². The number of hydrogen-bond donors (Lipinski definition) is 4. The Labute approximate surface area is 192 Å². The number of carbonyl (C=O) groups excluding carboxylic acids is 2. The van der Waals surface area contributed by atoms with E-state index in [9.17, 15) is 29.4 Å². The van der Waals surface area contributed by atoms with Gasteiger partial charge in [-0.2, -0.15) is 24.3 Å². The zero-order valence-electron chi connectivity index (χ0n) is 16.1. The van der Waals surface area contributed by atoms with Gasteiger partial charge in [-0.25, -0.2) is 9.59 Å². The van der Waals surface area contributed by atoms with E-state index < -0.39 is 29.2 Å². The van der Waals surface area contributed by atoms with Crippen LogP contribution in [0.25, 0.3) is 0 Å². The molecular formula is C20H19N2O6Y-. The van der Waals surface area contributed by atoms with Gasteiger partial charge in [0.25, 0.3) is 11.8 Å². The van der Waals surface area contributed by atoms with Crippen molar-refractivity contribution in [3.8, 4) is 0 Å². The summed E-state index contributed by atoms with van der Waals surface area (Å²) in [6.45, 7) is 5.31. The molecule has 29 heavy (non-hydrogen) atoms. The number of para-hydroxylation sites is 1. The summed E-state index contributed by atoms with van der Waals surface area (Å²) in [6.07, 6.45) is 0. The van der Waals surface area contributed by atoms with Gasteiger partial charge >= 0.3 is 17.4 Å². The van der Waals surface area contributed by atoms with Crippen LogP contribution in [0.5, 0.6) is 0 Å². The number of nitrogens with one attached hydrogen (secondary N) is 2. The number of benzene rings is 2. The van der Waals surface area contributed by atoms with Crippen molar-refractivity contribution >= 4 is 35.1 Å². The Bertz CT molecular complexity index is 945. The number of aliphatic carboxylic acids is 2. The zero-order valence-corrected chi connectivity index (χ0v) is 18.9. The van der Waals surface area contributed by atoms with Crippen LogP contribution in [0.2, 0.25) is 0 Å². The molecule has 9 heteroatoms. The molecule has 8 nitrogen and oxygen atoms in total. The molecule has 0 heterocycles. The molecule has 2 amide bonds. The Hall–Kier alpha value is -2.58. The van der Waals surface area contributed by atoms with E-state index in [1.165, 1.54) is 18.2 Å². The second-order valence-corrected chi connectivity index (χ2v) is 6.30. The third-order valence-electron chi connectivity index (χ3n) is 4.37. The van der Waals surface area contributed by atoms with Gasteiger partial charge in [0.2, 0.25) is 0 Å². The minimum absolute atomic E-state index is 0. The van der Waals surface area contributed by atoms with E-state index in [1.807, 2.05) is 6.92 Å². The van der Waals surface area contributed by atoms with Crippen LogP contribution >= 0.6 is 0 Å². The summed E-state index contributed by atoms with van der Waals surface area (Å²) in [6, 6.07) is 11.9. The van der Waals surface area contributed by atoms with Gasteiger partial charge in [0.05, 0.1) is 0 Å². The minimum atomic E-state index is -3.38. The molecule has 4 N–H and O–H groups in total. The van der Waals surface area contributed by atoms with Crippen molar-refractivity contribution in [2.24, 2.45) is 5.41 Å². The molecule has 0 aliphatic rings. The van der Waals surface area contributed by atoms with Gasteiger partial charge < -0.3 is 20.8 Å². The van der Waals surface area contributed by atoms with Crippen LogP contribution < -0.4 is 10.6 Å². The van der Waals surface area contributed by atoms with Gasteiger partial charge in [0.1, 0.15) is 0 Å². The monoisotopic (exact) mass is 472 g/mol. The summed E-state index contributed by atoms with van der Waals surface area (Å²) in [5.74, 6) is -7.19. The van der Waals surface area contributed by atoms with Crippen molar-refractivity contribution in [3.63, 3.8) is 0 Å². The number of carboxylic acid groups (broad SMARTS) is 2. The number of rotatable bonds is 6. The first-order valence-corrected chi connectivity index (χ1v) is 8.25. The van der Waals surface area contributed by atoms with Crippen LogP contribution in [-0.4, -0.2) is 34.0 Å². The molecule has 0 saturated carbocycles. The molecule has 0 spiro atoms. The van der Waals surface area contributed by atoms with E-state index in [-0.39, 0.29) is 44.1 Å². The standard InChI is InChI=1S/C20H19N2O6.Y/c1-11-9-13(3)15(10-12(11)2)22-17(24)20(18(25)26,19(27)28)16(23)21-14-7-5-4-6-8-14;/h4-7,9-10H,1-3H3,(H,21,23)(H,22,24)(H,25,26)(H,27,28);/q-1;. The summed E-state index contributed by atoms with van der Waals surface area (Å²) < 4.78 is 0. The van der Waals surface area contributed by atoms with Crippen LogP contribution in [0, 0.1) is 32.3 Å². The third kappa shape index (κ3) is 4.89. The summed E-state index contributed by atoms with van der Waals surface area (Å²) in [7, 11) is 0. The molecule has 2 rings (SSSR count). The van der Waals surface area contributed by atoms with Gasteiger partial charge in [-0.1, -0.05) is 11.8 Å². The Morgan fingerprint density at radius 3 is 1.93 bits per heavy atom. The summed E-state index contributed by atoms with van der Waals surface area (Å²) in [5.41, 5.74) is -0.780. The second kappa shape index (κ2) is 9.76. The van der Waals surface area contributed by atoms with Crippen LogP contribution in [0.3, 0.4) is 0 Å². The van der Waals surface area contributed by atoms with Crippen molar-refractivity contribution in [2.45, 2.75) is 20.8 Å². The van der Waals surface area contributed by atoms with Crippen LogP contribution in [0.4, 0.5) is 11.4 Å². The molecule has 0 atom stereocenters. The predicted octanol–water partition coefficient (Wildman–Crippen LogP) is 2.14. The van der Waals surface area contributed by atoms with Gasteiger partial charge in [-0.15, -0.1) is 6.07 Å². The fraction of sp³-hybridized carbons (Fsp3) is 0.200. The average molecular weight is 472 g/mol. The first-order chi connectivity index (χ1) is 13.1. The maximum absolute atomic E-state index is 12.8. The molecule has 1 radical (unpaired) electrons. The van der Waals surface area contributed by atoms with Crippen LogP contribution in [0.1, 0.15) is 16.7 Å².